The molecule has 0 radical (unpaired) electrons. The number of ketones is 1. The lowest BCUT2D eigenvalue weighted by Crippen LogP contribution is -2.49. The number of aliphatic hydroxyl groups excluding tert-OH is 1. The first-order chi connectivity index (χ1) is 32.6. The van der Waals surface area contributed by atoms with Crippen LogP contribution in [0.5, 0.6) is 11.5 Å². The Kier molecular flexibility index (Phi) is 14.2. The fourth-order valence-electron chi connectivity index (χ4n) is 9.77. The molecule has 6 aromatic rings. The molecule has 4 N–H and O–H groups in total. The summed E-state index contributed by atoms with van der Waals surface area (Å²) in [5.41, 5.74) is 5.77. The van der Waals surface area contributed by atoms with Crippen molar-refractivity contribution in [3.63, 3.8) is 0 Å². The molecular weight excluding hydrogens is 814 g/mol. The molecule has 0 amide bonds. The maximum absolute atomic E-state index is 14.7. The second-order valence-electron chi connectivity index (χ2n) is 17.8. The van der Waals surface area contributed by atoms with Gasteiger partial charge in [0.05, 0.1) is 29.7 Å². The predicted molar refractivity (Wildman–Crippen MR) is 277 cm³/mol. The minimum Gasteiger partial charge on any atom is -0.506 e. The number of hydrogen-bond donors (Lipinski definition) is 4. The maximum atomic E-state index is 14.7. The van der Waals surface area contributed by atoms with Gasteiger partial charge in [0.2, 0.25) is 5.78 Å². The fraction of sp³-hybridized carbons (Fsp3) is 0.286. The van der Waals surface area contributed by atoms with Crippen molar-refractivity contribution in [2.24, 2.45) is 4.90 Å². The van der Waals surface area contributed by atoms with E-state index in [2.05, 4.69) is 65.2 Å². The van der Waals surface area contributed by atoms with Gasteiger partial charge < -0.3 is 35.2 Å². The van der Waals surface area contributed by atoms with Crippen molar-refractivity contribution < 1.29 is 19.4 Å². The van der Waals surface area contributed by atoms with Gasteiger partial charge in [0.15, 0.2) is 0 Å². The molecule has 0 atom stereocenters. The average Bonchev–Trinajstić information content (AvgIpc) is 3.34. The van der Waals surface area contributed by atoms with Crippen molar-refractivity contribution >= 4 is 80.4 Å². The van der Waals surface area contributed by atoms with Crippen molar-refractivity contribution in [1.82, 2.24) is 0 Å². The molecule has 8 nitrogen and oxygen atoms in total. The van der Waals surface area contributed by atoms with Crippen molar-refractivity contribution in [2.75, 3.05) is 28.9 Å². The van der Waals surface area contributed by atoms with Crippen LogP contribution in [0, 0.1) is 0 Å². The van der Waals surface area contributed by atoms with Crippen molar-refractivity contribution in [2.45, 2.75) is 89.9 Å². The van der Waals surface area contributed by atoms with E-state index >= 15 is 0 Å². The summed E-state index contributed by atoms with van der Waals surface area (Å²) in [5, 5.41) is 28.5. The number of ether oxygens (including phenoxy) is 2. The third kappa shape index (κ3) is 9.37. The van der Waals surface area contributed by atoms with Gasteiger partial charge in [-0.2, -0.15) is 0 Å². The number of carbonyl (C=O) groups excluding carboxylic acids is 1. The highest BCUT2D eigenvalue weighted by molar-refractivity contribution is 6.81. The first-order valence-electron chi connectivity index (χ1n) is 24.2. The van der Waals surface area contributed by atoms with Gasteiger partial charge in [-0.1, -0.05) is 148 Å². The molecule has 6 aromatic carbocycles. The minimum absolute atomic E-state index is 0.0304. The van der Waals surface area contributed by atoms with Gasteiger partial charge in [-0.25, -0.2) is 0 Å². The molecule has 334 valence electrons. The molecule has 0 aromatic heterocycles. The first-order valence-corrected chi connectivity index (χ1v) is 24.2. The summed E-state index contributed by atoms with van der Waals surface area (Å²) < 4.78 is 12.8. The number of benzene rings is 6. The van der Waals surface area contributed by atoms with E-state index < -0.39 is 6.98 Å². The van der Waals surface area contributed by atoms with Crippen LogP contribution in [-0.2, 0) is 4.79 Å². The second-order valence-corrected chi connectivity index (χ2v) is 17.8. The Labute approximate surface area is 389 Å². The van der Waals surface area contributed by atoms with E-state index in [0.717, 1.165) is 99.6 Å². The molecule has 2 aliphatic heterocycles. The lowest BCUT2D eigenvalue weighted by molar-refractivity contribution is -0.109. The fourth-order valence-corrected chi connectivity index (χ4v) is 9.77. The van der Waals surface area contributed by atoms with Crippen LogP contribution in [0.15, 0.2) is 145 Å². The Morgan fingerprint density at radius 1 is 0.561 bits per heavy atom. The summed E-state index contributed by atoms with van der Waals surface area (Å²) in [6.45, 7) is 8.12. The highest BCUT2D eigenvalue weighted by atomic mass is 16.5. The quantitative estimate of drug-likeness (QED) is 0.0289. The van der Waals surface area contributed by atoms with Crippen LogP contribution in [0.2, 0.25) is 0 Å². The van der Waals surface area contributed by atoms with Crippen molar-refractivity contribution in [1.29, 1.82) is 0 Å². The summed E-state index contributed by atoms with van der Waals surface area (Å²) in [6.07, 6.45) is 20.2. The standard InChI is InChI=1S/C56H60B2N4O4/c1-3-5-7-9-11-13-15-21-37-65-47-31-19-17-27-43(47)57-59-45-29-23-25-39-33-35-41(53(61-57)49(39)45)51-55(63)52(56(51)64)42-36-34-40-26-24-30-46-50(40)54(42)62-58(60-46)44-28-18-20-32-48(44)66-38-22-16-14-12-10-8-6-4-2/h3-4,17-20,23-36,59-61,63H,1-2,5-16,21-22,37-38H2. The molecule has 66 heavy (non-hydrogen) atoms. The number of carbonyl (C=O) groups is 1. The number of nitrogens with zero attached hydrogens (tertiary/aromatic N) is 1. The summed E-state index contributed by atoms with van der Waals surface area (Å²) in [4.78, 5) is 20.0. The van der Waals surface area contributed by atoms with E-state index in [-0.39, 0.29) is 24.1 Å². The molecule has 0 unspecified atom stereocenters. The van der Waals surface area contributed by atoms with Crippen LogP contribution >= 0.6 is 0 Å². The van der Waals surface area contributed by atoms with Gasteiger partial charge in [0.25, 0.3) is 0 Å². The zero-order chi connectivity index (χ0) is 45.2. The number of aliphatic hydroxyl groups is 1. The second kappa shape index (κ2) is 21.1. The third-order valence-corrected chi connectivity index (χ3v) is 13.2. The van der Waals surface area contributed by atoms with Crippen LogP contribution in [0.3, 0.4) is 0 Å². The van der Waals surface area contributed by atoms with Crippen molar-refractivity contribution in [3.05, 3.63) is 156 Å². The monoisotopic (exact) mass is 874 g/mol. The van der Waals surface area contributed by atoms with E-state index in [1.807, 2.05) is 84.9 Å². The van der Waals surface area contributed by atoms with Gasteiger partial charge >= 0.3 is 14.0 Å². The Morgan fingerprint density at radius 3 is 1.77 bits per heavy atom. The zero-order valence-corrected chi connectivity index (χ0v) is 38.0. The number of Topliss-reactive ketones (excluding diaryl/α,β-unsaturated/α-hetero) is 1. The number of anilines is 3. The SMILES string of the molecule is C=CCCCCCCCCOc1ccccc1B1N=c2c(=C3C(=O)C(c4ccc5cccc6c5c4NB(c4ccccc4OCCCCCCCCC=C)N6)=C3O)ccc3cccc(c23)N1. The number of unbranched alkanes of at least 4 members (excludes halogenated alkanes) is 12. The molecule has 0 fully saturated rings. The largest absolute Gasteiger partial charge is 0.506 e. The highest BCUT2D eigenvalue weighted by Crippen LogP contribution is 2.45. The maximum Gasteiger partial charge on any atom is 0.431 e. The Balaban J connectivity index is 1.00. The Morgan fingerprint density at radius 2 is 1.12 bits per heavy atom. The number of rotatable bonds is 23. The van der Waals surface area contributed by atoms with Crippen LogP contribution in [0.25, 0.3) is 32.7 Å². The molecule has 1 aliphatic carbocycles. The normalized spacial score (nSPS) is 14.6. The van der Waals surface area contributed by atoms with Gasteiger partial charge in [-0.15, -0.1) is 13.2 Å². The third-order valence-electron chi connectivity index (χ3n) is 13.2. The topological polar surface area (TPSA) is 104 Å². The molecule has 9 rings (SSSR count). The lowest BCUT2D eigenvalue weighted by Gasteiger charge is -2.31. The Bertz CT molecular complexity index is 2930. The van der Waals surface area contributed by atoms with Gasteiger partial charge in [0, 0.05) is 49.5 Å². The molecule has 3 aliphatic rings. The molecule has 0 bridgehead atoms. The van der Waals surface area contributed by atoms with Crippen LogP contribution in [0.1, 0.15) is 95.5 Å². The molecule has 2 heterocycles. The van der Waals surface area contributed by atoms with Crippen LogP contribution < -0.4 is 46.7 Å². The van der Waals surface area contributed by atoms with E-state index in [1.165, 1.54) is 51.4 Å². The van der Waals surface area contributed by atoms with Gasteiger partial charge in [0.1, 0.15) is 17.3 Å². The number of allylic oxidation sites excluding steroid dienone is 4. The lowest BCUT2D eigenvalue weighted by atomic mass is 9.65. The van der Waals surface area contributed by atoms with Gasteiger partial charge in [-0.05, 0) is 73.6 Å². The van der Waals surface area contributed by atoms with Gasteiger partial charge in [-0.3, -0.25) is 4.79 Å². The predicted octanol–water partition coefficient (Wildman–Crippen LogP) is 11.0. The summed E-state index contributed by atoms with van der Waals surface area (Å²) in [6, 6.07) is 36.4. The molecule has 0 saturated carbocycles. The number of hydrogen-bond acceptors (Lipinski definition) is 8. The summed E-state index contributed by atoms with van der Waals surface area (Å²) >= 11 is 0. The van der Waals surface area contributed by atoms with E-state index in [4.69, 9.17) is 14.4 Å². The van der Waals surface area contributed by atoms with Crippen LogP contribution in [-0.4, -0.2) is 38.1 Å². The van der Waals surface area contributed by atoms with E-state index in [9.17, 15) is 9.90 Å². The van der Waals surface area contributed by atoms with Crippen molar-refractivity contribution in [3.8, 4) is 11.5 Å². The summed E-state index contributed by atoms with van der Waals surface area (Å²) in [5.74, 6) is 1.35. The highest BCUT2D eigenvalue weighted by Gasteiger charge is 2.40. The molecule has 10 heteroatoms. The smallest absolute Gasteiger partial charge is 0.431 e. The molecule has 0 saturated heterocycles. The Hall–Kier alpha value is -6.67. The summed E-state index contributed by atoms with van der Waals surface area (Å²) in [7, 11) is 0. The number of para-hydroxylation sites is 2. The van der Waals surface area contributed by atoms with E-state index in [1.54, 1.807) is 0 Å². The minimum atomic E-state index is -0.465. The van der Waals surface area contributed by atoms with Crippen LogP contribution in [0.4, 0.5) is 17.1 Å². The number of nitrogens with one attached hydrogen (secondary N) is 3. The molecular formula is C56H60B2N4O4. The first kappa shape index (κ1) is 44.5. The average molecular weight is 875 g/mol. The zero-order valence-electron chi connectivity index (χ0n) is 38.0. The molecule has 0 spiro atoms. The van der Waals surface area contributed by atoms with E-state index in [0.29, 0.717) is 34.9 Å².